The summed E-state index contributed by atoms with van der Waals surface area (Å²) in [5.74, 6) is -3.46. The highest BCUT2D eigenvalue weighted by molar-refractivity contribution is 6.30. The molecule has 0 spiro atoms. The minimum atomic E-state index is -0.860. The number of carbonyl (C=O) groups is 2. The molecule has 0 unspecified atom stereocenters. The van der Waals surface area contributed by atoms with E-state index in [9.17, 15) is 14.0 Å². The molecule has 3 aromatic rings. The molecule has 1 aliphatic heterocycles. The minimum Gasteiger partial charge on any atom is -0.481 e. The number of hydrogen-bond donors (Lipinski definition) is 1. The fraction of sp³-hybridized carbons (Fsp3) is 0.182. The van der Waals surface area contributed by atoms with Gasteiger partial charge in [0, 0.05) is 23.5 Å². The lowest BCUT2D eigenvalue weighted by molar-refractivity contribution is -0.122. The molecule has 0 radical (unpaired) electrons. The smallest absolute Gasteiger partial charge is 0.244 e. The predicted molar refractivity (Wildman–Crippen MR) is 115 cm³/mol. The van der Waals surface area contributed by atoms with Crippen molar-refractivity contribution in [2.75, 3.05) is 23.9 Å². The number of amides is 2. The number of pyridine rings is 2. The number of aromatic nitrogens is 2. The number of methoxy groups -OCH3 is 1. The van der Waals surface area contributed by atoms with Crippen molar-refractivity contribution in [1.82, 2.24) is 9.97 Å². The Bertz CT molecular complexity index is 1240. The second-order valence-electron chi connectivity index (χ2n) is 7.11. The number of ether oxygens (including phenoxy) is 1. The summed E-state index contributed by atoms with van der Waals surface area (Å²) in [4.78, 5) is 35.3. The summed E-state index contributed by atoms with van der Waals surface area (Å²) in [7, 11) is 1.32. The topological polar surface area (TPSA) is 84.4 Å². The molecule has 4 rings (SSSR count). The molecule has 0 aliphatic carbocycles. The second-order valence-corrected chi connectivity index (χ2v) is 7.52. The highest BCUT2D eigenvalue weighted by atomic mass is 35.5. The molecule has 1 N–H and O–H groups in total. The van der Waals surface area contributed by atoms with E-state index in [1.54, 1.807) is 19.1 Å². The summed E-state index contributed by atoms with van der Waals surface area (Å²) in [6, 6.07) is 8.45. The SMILES string of the molecule is COc1cc2c(c(F)n1)-c1cccnc1[C@H](C)C(=O)N2CC(=O)Nc1ccc(Cl)c(F)c1. The zero-order valence-corrected chi connectivity index (χ0v) is 17.8. The Balaban J connectivity index is 1.77. The maximum atomic E-state index is 15.1. The Labute approximate surface area is 187 Å². The third-order valence-electron chi connectivity index (χ3n) is 5.09. The van der Waals surface area contributed by atoms with Crippen LogP contribution in [-0.2, 0) is 9.59 Å². The summed E-state index contributed by atoms with van der Waals surface area (Å²) < 4.78 is 33.8. The van der Waals surface area contributed by atoms with Crippen molar-refractivity contribution in [3.8, 4) is 17.0 Å². The minimum absolute atomic E-state index is 0.0388. The monoisotopic (exact) mass is 458 g/mol. The molecule has 0 saturated heterocycles. The molecule has 2 aromatic heterocycles. The van der Waals surface area contributed by atoms with Gasteiger partial charge in [0.1, 0.15) is 12.4 Å². The van der Waals surface area contributed by atoms with Crippen molar-refractivity contribution >= 4 is 34.8 Å². The fourth-order valence-corrected chi connectivity index (χ4v) is 3.69. The van der Waals surface area contributed by atoms with Crippen LogP contribution in [0.2, 0.25) is 5.02 Å². The summed E-state index contributed by atoms with van der Waals surface area (Å²) in [6.45, 7) is 1.17. The normalized spacial score (nSPS) is 15.0. The molecule has 0 fully saturated rings. The molecule has 7 nitrogen and oxygen atoms in total. The van der Waals surface area contributed by atoms with E-state index in [1.165, 1.54) is 31.5 Å². The zero-order valence-electron chi connectivity index (χ0n) is 17.0. The maximum Gasteiger partial charge on any atom is 0.244 e. The van der Waals surface area contributed by atoms with Crippen LogP contribution in [0.1, 0.15) is 18.5 Å². The van der Waals surface area contributed by atoms with Crippen molar-refractivity contribution in [1.29, 1.82) is 0 Å². The first-order chi connectivity index (χ1) is 15.3. The van der Waals surface area contributed by atoms with Gasteiger partial charge in [0.25, 0.3) is 0 Å². The van der Waals surface area contributed by atoms with Gasteiger partial charge in [0.15, 0.2) is 0 Å². The van der Waals surface area contributed by atoms with Gasteiger partial charge in [-0.2, -0.15) is 9.37 Å². The van der Waals surface area contributed by atoms with Crippen LogP contribution in [0.5, 0.6) is 5.88 Å². The van der Waals surface area contributed by atoms with E-state index in [0.717, 1.165) is 11.0 Å². The Morgan fingerprint density at radius 3 is 2.78 bits per heavy atom. The van der Waals surface area contributed by atoms with Gasteiger partial charge < -0.3 is 15.0 Å². The van der Waals surface area contributed by atoms with Gasteiger partial charge in [-0.3, -0.25) is 14.6 Å². The summed E-state index contributed by atoms with van der Waals surface area (Å²) in [5, 5.41) is 2.43. The number of benzene rings is 1. The molecular weight excluding hydrogens is 442 g/mol. The molecule has 10 heteroatoms. The van der Waals surface area contributed by atoms with Gasteiger partial charge in [-0.1, -0.05) is 17.7 Å². The predicted octanol–water partition coefficient (Wildman–Crippen LogP) is 4.17. The van der Waals surface area contributed by atoms with E-state index in [1.807, 2.05) is 0 Å². The van der Waals surface area contributed by atoms with E-state index in [4.69, 9.17) is 16.3 Å². The van der Waals surface area contributed by atoms with Crippen LogP contribution < -0.4 is 15.0 Å². The number of rotatable bonds is 4. The number of carbonyl (C=O) groups excluding carboxylic acids is 2. The van der Waals surface area contributed by atoms with E-state index in [-0.39, 0.29) is 27.8 Å². The van der Waals surface area contributed by atoms with Crippen LogP contribution >= 0.6 is 11.6 Å². The van der Waals surface area contributed by atoms with Gasteiger partial charge in [-0.25, -0.2) is 4.39 Å². The van der Waals surface area contributed by atoms with Crippen LogP contribution in [0.4, 0.5) is 20.2 Å². The van der Waals surface area contributed by atoms with Gasteiger partial charge in [0.2, 0.25) is 23.6 Å². The molecule has 1 aromatic carbocycles. The second kappa shape index (κ2) is 8.51. The molecule has 0 saturated carbocycles. The van der Waals surface area contributed by atoms with Crippen LogP contribution in [0.15, 0.2) is 42.6 Å². The Kier molecular flexibility index (Phi) is 5.75. The summed E-state index contributed by atoms with van der Waals surface area (Å²) >= 11 is 5.67. The standard InChI is InChI=1S/C22H17ClF2N4O3/c1-11-20-13(4-3-7-26-20)19-16(9-18(32-2)28-21(19)25)29(22(11)31)10-17(30)27-12-5-6-14(23)15(24)8-12/h3-9,11H,10H2,1-2H3,(H,27,30)/t11-/m0/s1. The molecular formula is C22H17ClF2N4O3. The van der Waals surface area contributed by atoms with E-state index >= 15 is 4.39 Å². The van der Waals surface area contributed by atoms with Crippen molar-refractivity contribution in [3.05, 3.63) is 65.1 Å². The van der Waals surface area contributed by atoms with Gasteiger partial charge in [0.05, 0.1) is 35.0 Å². The van der Waals surface area contributed by atoms with Gasteiger partial charge >= 0.3 is 0 Å². The van der Waals surface area contributed by atoms with Gasteiger partial charge in [-0.05, 0) is 31.2 Å². The van der Waals surface area contributed by atoms with E-state index in [0.29, 0.717) is 11.3 Å². The maximum absolute atomic E-state index is 15.1. The van der Waals surface area contributed by atoms with Crippen LogP contribution in [0.3, 0.4) is 0 Å². The Morgan fingerprint density at radius 1 is 1.28 bits per heavy atom. The first-order valence-electron chi connectivity index (χ1n) is 9.56. The van der Waals surface area contributed by atoms with E-state index in [2.05, 4.69) is 15.3 Å². The number of halogens is 3. The third kappa shape index (κ3) is 3.87. The van der Waals surface area contributed by atoms with Crippen molar-refractivity contribution in [3.63, 3.8) is 0 Å². The quantitative estimate of drug-likeness (QED) is 0.593. The molecule has 1 aliphatic rings. The highest BCUT2D eigenvalue weighted by Gasteiger charge is 2.35. The molecule has 1 atom stereocenters. The molecule has 164 valence electrons. The molecule has 0 bridgehead atoms. The van der Waals surface area contributed by atoms with Crippen LogP contribution in [0, 0.1) is 11.8 Å². The highest BCUT2D eigenvalue weighted by Crippen LogP contribution is 2.42. The average Bonchev–Trinajstić information content (AvgIpc) is 2.86. The van der Waals surface area contributed by atoms with Crippen LogP contribution in [0.25, 0.3) is 11.1 Å². The lowest BCUT2D eigenvalue weighted by Crippen LogP contribution is -2.40. The van der Waals surface area contributed by atoms with Crippen molar-refractivity contribution in [2.45, 2.75) is 12.8 Å². The first-order valence-corrected chi connectivity index (χ1v) is 9.94. The largest absolute Gasteiger partial charge is 0.481 e. The van der Waals surface area contributed by atoms with Crippen LogP contribution in [-0.4, -0.2) is 35.4 Å². The average molecular weight is 459 g/mol. The van der Waals surface area contributed by atoms with E-state index < -0.39 is 36.0 Å². The third-order valence-corrected chi connectivity index (χ3v) is 5.40. The summed E-state index contributed by atoms with van der Waals surface area (Å²) in [6.07, 6.45) is 1.51. The van der Waals surface area contributed by atoms with Crippen molar-refractivity contribution in [2.24, 2.45) is 0 Å². The lowest BCUT2D eigenvalue weighted by atomic mass is 9.98. The number of fused-ring (bicyclic) bond motifs is 3. The number of hydrogen-bond acceptors (Lipinski definition) is 5. The summed E-state index contributed by atoms with van der Waals surface area (Å²) in [5.41, 5.74) is 1.09. The molecule has 2 amide bonds. The Morgan fingerprint density at radius 2 is 2.06 bits per heavy atom. The molecule has 32 heavy (non-hydrogen) atoms. The first kappa shape index (κ1) is 21.6. The Hall–Kier alpha value is -3.59. The zero-order chi connectivity index (χ0) is 23.0. The van der Waals surface area contributed by atoms with Gasteiger partial charge in [-0.15, -0.1) is 0 Å². The van der Waals surface area contributed by atoms with Crippen molar-refractivity contribution < 1.29 is 23.1 Å². The number of nitrogens with zero attached hydrogens (tertiary/aromatic N) is 3. The fourth-order valence-electron chi connectivity index (χ4n) is 3.57. The number of anilines is 2. The number of nitrogens with one attached hydrogen (secondary N) is 1. The lowest BCUT2D eigenvalue weighted by Gasteiger charge is -2.24. The molecule has 3 heterocycles.